The third-order valence-electron chi connectivity index (χ3n) is 2.74. The number of aromatic carboxylic acids is 1. The lowest BCUT2D eigenvalue weighted by Crippen LogP contribution is -2.15. The van der Waals surface area contributed by atoms with E-state index in [0.717, 1.165) is 11.5 Å². The van der Waals surface area contributed by atoms with Crippen LogP contribution in [0.2, 0.25) is 0 Å². The number of hydrogen-bond acceptors (Lipinski definition) is 5. The van der Waals surface area contributed by atoms with Crippen LogP contribution in [-0.2, 0) is 10.0 Å². The monoisotopic (exact) mass is 390 g/mol. The fourth-order valence-electron chi connectivity index (χ4n) is 1.73. The van der Waals surface area contributed by atoms with E-state index in [1.807, 2.05) is 0 Å². The molecule has 2 N–H and O–H groups in total. The molecule has 0 fully saturated rings. The predicted octanol–water partition coefficient (Wildman–Crippen LogP) is 3.02. The standard InChI is InChI=1S/C12H11BrN2O4S2/c1-6-3-4-8(13)5-9(6)21(18,19)15-11-10(12(16)17)7(2)14-20-11/h3-5,15H,1-2H3,(H,16,17). The molecule has 21 heavy (non-hydrogen) atoms. The summed E-state index contributed by atoms with van der Waals surface area (Å²) in [6.45, 7) is 3.18. The van der Waals surface area contributed by atoms with Crippen molar-refractivity contribution >= 4 is 48.5 Å². The quantitative estimate of drug-likeness (QED) is 0.835. The highest BCUT2D eigenvalue weighted by Gasteiger charge is 2.24. The first-order valence-corrected chi connectivity index (χ1v) is 8.76. The molecule has 0 radical (unpaired) electrons. The molecule has 0 spiro atoms. The summed E-state index contributed by atoms with van der Waals surface area (Å²) in [6.07, 6.45) is 0. The molecule has 2 aromatic rings. The van der Waals surface area contributed by atoms with Crippen molar-refractivity contribution < 1.29 is 18.3 Å². The Morgan fingerprint density at radius 1 is 1.38 bits per heavy atom. The van der Waals surface area contributed by atoms with Crippen LogP contribution in [0.25, 0.3) is 0 Å². The number of benzene rings is 1. The Morgan fingerprint density at radius 2 is 2.05 bits per heavy atom. The number of halogens is 1. The van der Waals surface area contributed by atoms with Crippen LogP contribution in [-0.4, -0.2) is 23.9 Å². The zero-order valence-electron chi connectivity index (χ0n) is 11.0. The van der Waals surface area contributed by atoms with E-state index in [1.165, 1.54) is 13.0 Å². The van der Waals surface area contributed by atoms with Gasteiger partial charge in [0.05, 0.1) is 10.6 Å². The molecule has 9 heteroatoms. The summed E-state index contributed by atoms with van der Waals surface area (Å²) >= 11 is 4.02. The van der Waals surface area contributed by atoms with Crippen LogP contribution in [0, 0.1) is 13.8 Å². The molecule has 1 aromatic heterocycles. The predicted molar refractivity (Wildman–Crippen MR) is 83.5 cm³/mol. The molecule has 6 nitrogen and oxygen atoms in total. The van der Waals surface area contributed by atoms with E-state index >= 15 is 0 Å². The third-order valence-corrected chi connectivity index (χ3v) is 5.71. The summed E-state index contributed by atoms with van der Waals surface area (Å²) in [5.41, 5.74) is 0.705. The van der Waals surface area contributed by atoms with Gasteiger partial charge < -0.3 is 5.11 Å². The van der Waals surface area contributed by atoms with Gasteiger partial charge in [-0.3, -0.25) is 4.72 Å². The van der Waals surface area contributed by atoms with E-state index < -0.39 is 16.0 Å². The van der Waals surface area contributed by atoms with Crippen molar-refractivity contribution in [3.8, 4) is 0 Å². The number of anilines is 1. The zero-order chi connectivity index (χ0) is 15.8. The van der Waals surface area contributed by atoms with Crippen LogP contribution in [0.5, 0.6) is 0 Å². The van der Waals surface area contributed by atoms with Gasteiger partial charge in [0.1, 0.15) is 10.6 Å². The minimum Gasteiger partial charge on any atom is -0.478 e. The molecule has 0 aliphatic carbocycles. The van der Waals surface area contributed by atoms with Crippen molar-refractivity contribution in [1.82, 2.24) is 4.37 Å². The molecule has 1 heterocycles. The average Bonchev–Trinajstić information content (AvgIpc) is 2.72. The summed E-state index contributed by atoms with van der Waals surface area (Å²) in [5, 5.41) is 9.13. The minimum absolute atomic E-state index is 0.000578. The zero-order valence-corrected chi connectivity index (χ0v) is 14.3. The van der Waals surface area contributed by atoms with Gasteiger partial charge in [-0.05, 0) is 43.1 Å². The SMILES string of the molecule is Cc1ccc(Br)cc1S(=O)(=O)Nc1snc(C)c1C(=O)O. The average molecular weight is 391 g/mol. The summed E-state index contributed by atoms with van der Waals surface area (Å²) in [7, 11) is -3.88. The molecule has 0 saturated heterocycles. The second-order valence-corrected chi connectivity index (χ2v) is 7.63. The molecule has 1 aromatic carbocycles. The number of nitrogens with one attached hydrogen (secondary N) is 1. The van der Waals surface area contributed by atoms with Crippen LogP contribution < -0.4 is 4.72 Å². The van der Waals surface area contributed by atoms with Crippen molar-refractivity contribution in [2.45, 2.75) is 18.7 Å². The fraction of sp³-hybridized carbons (Fsp3) is 0.167. The van der Waals surface area contributed by atoms with Gasteiger partial charge in [-0.1, -0.05) is 22.0 Å². The van der Waals surface area contributed by atoms with Gasteiger partial charge in [-0.15, -0.1) is 0 Å². The molecule has 0 aliphatic heterocycles. The number of aromatic nitrogens is 1. The number of nitrogens with zero attached hydrogens (tertiary/aromatic N) is 1. The second-order valence-electron chi connectivity index (χ2n) is 4.29. The van der Waals surface area contributed by atoms with Gasteiger partial charge in [0.25, 0.3) is 10.0 Å². The Kier molecular flexibility index (Phi) is 4.35. The van der Waals surface area contributed by atoms with E-state index in [9.17, 15) is 13.2 Å². The number of rotatable bonds is 4. The lowest BCUT2D eigenvalue weighted by Gasteiger charge is -2.09. The molecular formula is C12H11BrN2O4S2. The Morgan fingerprint density at radius 3 is 2.67 bits per heavy atom. The maximum atomic E-state index is 12.4. The molecule has 2 rings (SSSR count). The third kappa shape index (κ3) is 3.25. The van der Waals surface area contributed by atoms with Crippen LogP contribution in [0.1, 0.15) is 21.6 Å². The van der Waals surface area contributed by atoms with Crippen molar-refractivity contribution in [2.75, 3.05) is 4.72 Å². The molecule has 0 atom stereocenters. The second kappa shape index (κ2) is 5.74. The Hall–Kier alpha value is -1.45. The summed E-state index contributed by atoms with van der Waals surface area (Å²) in [5.74, 6) is -1.22. The van der Waals surface area contributed by atoms with E-state index in [4.69, 9.17) is 5.11 Å². The normalized spacial score (nSPS) is 11.4. The number of hydrogen-bond donors (Lipinski definition) is 2. The van der Waals surface area contributed by atoms with Gasteiger partial charge in [0, 0.05) is 4.47 Å². The number of carboxylic acids is 1. The minimum atomic E-state index is -3.88. The van der Waals surface area contributed by atoms with Gasteiger partial charge in [0.2, 0.25) is 0 Å². The molecule has 112 valence electrons. The van der Waals surface area contributed by atoms with Gasteiger partial charge >= 0.3 is 5.97 Å². The lowest BCUT2D eigenvalue weighted by molar-refractivity contribution is 0.0697. The van der Waals surface area contributed by atoms with E-state index in [1.54, 1.807) is 19.1 Å². The van der Waals surface area contributed by atoms with Crippen molar-refractivity contribution in [2.24, 2.45) is 0 Å². The topological polar surface area (TPSA) is 96.4 Å². The molecular weight excluding hydrogens is 380 g/mol. The first-order chi connectivity index (χ1) is 9.72. The lowest BCUT2D eigenvalue weighted by atomic mass is 10.2. The Bertz CT molecular complexity index is 815. The Labute approximate surface area is 134 Å². The maximum absolute atomic E-state index is 12.4. The fourth-order valence-corrected chi connectivity index (χ4v) is 4.60. The number of aryl methyl sites for hydroxylation is 2. The van der Waals surface area contributed by atoms with Crippen molar-refractivity contribution in [3.05, 3.63) is 39.5 Å². The van der Waals surface area contributed by atoms with E-state index in [2.05, 4.69) is 25.0 Å². The highest BCUT2D eigenvalue weighted by atomic mass is 79.9. The molecule has 0 bridgehead atoms. The molecule has 0 aliphatic rings. The van der Waals surface area contributed by atoms with Gasteiger partial charge in [-0.2, -0.15) is 4.37 Å². The number of carboxylic acid groups (broad SMARTS) is 1. The van der Waals surface area contributed by atoms with Crippen LogP contribution in [0.15, 0.2) is 27.6 Å². The van der Waals surface area contributed by atoms with Crippen molar-refractivity contribution in [3.63, 3.8) is 0 Å². The van der Waals surface area contributed by atoms with E-state index in [-0.39, 0.29) is 21.2 Å². The highest BCUT2D eigenvalue weighted by molar-refractivity contribution is 9.10. The van der Waals surface area contributed by atoms with Crippen LogP contribution >= 0.6 is 27.5 Å². The Balaban J connectivity index is 2.48. The van der Waals surface area contributed by atoms with Crippen molar-refractivity contribution in [1.29, 1.82) is 0 Å². The summed E-state index contributed by atoms with van der Waals surface area (Å²) < 4.78 is 31.6. The first-order valence-electron chi connectivity index (χ1n) is 5.71. The number of sulfonamides is 1. The van der Waals surface area contributed by atoms with Gasteiger partial charge in [0.15, 0.2) is 0 Å². The smallest absolute Gasteiger partial charge is 0.340 e. The highest BCUT2D eigenvalue weighted by Crippen LogP contribution is 2.29. The largest absolute Gasteiger partial charge is 0.478 e. The molecule has 0 unspecified atom stereocenters. The van der Waals surface area contributed by atoms with Gasteiger partial charge in [-0.25, -0.2) is 13.2 Å². The summed E-state index contributed by atoms with van der Waals surface area (Å²) in [6, 6.07) is 4.86. The summed E-state index contributed by atoms with van der Waals surface area (Å²) in [4.78, 5) is 11.3. The van der Waals surface area contributed by atoms with Crippen LogP contribution in [0.4, 0.5) is 5.00 Å². The van der Waals surface area contributed by atoms with Crippen LogP contribution in [0.3, 0.4) is 0 Å². The molecule has 0 amide bonds. The maximum Gasteiger partial charge on any atom is 0.340 e. The number of carbonyl (C=O) groups is 1. The molecule has 0 saturated carbocycles. The van der Waals surface area contributed by atoms with E-state index in [0.29, 0.717) is 10.0 Å². The first kappa shape index (κ1) is 15.9.